The Morgan fingerprint density at radius 1 is 1.08 bits per heavy atom. The van der Waals surface area contributed by atoms with E-state index in [0.717, 1.165) is 11.6 Å². The van der Waals surface area contributed by atoms with Crippen LogP contribution in [0.15, 0.2) is 77.9 Å². The number of hydrogen-bond acceptors (Lipinski definition) is 4. The Morgan fingerprint density at radius 2 is 1.81 bits per heavy atom. The van der Waals surface area contributed by atoms with Crippen molar-refractivity contribution in [2.45, 2.75) is 25.4 Å². The lowest BCUT2D eigenvalue weighted by Crippen LogP contribution is -2.38. The normalized spacial score (nSPS) is 17.4. The average Bonchev–Trinajstić information content (AvgIpc) is 3.23. The standard InChI is InChI=1S/C27H23ClF3N3O3/c1-3-37-24(35)18-8-7-11-20(14-18)32-25(36)34-16-26(2,19-9-5-4-6-10-19)23(33-34)17-12-13-21(22(28)15-17)27(29,30)31/h4-15H,3,16H2,1-2H3,(H,32,36). The van der Waals surface area contributed by atoms with Gasteiger partial charge in [0, 0.05) is 11.3 Å². The van der Waals surface area contributed by atoms with Gasteiger partial charge in [-0.15, -0.1) is 0 Å². The van der Waals surface area contributed by atoms with Crippen LogP contribution in [0.2, 0.25) is 5.02 Å². The number of hydrazone groups is 1. The summed E-state index contributed by atoms with van der Waals surface area (Å²) in [5.74, 6) is -0.518. The molecule has 0 bridgehead atoms. The Hall–Kier alpha value is -3.85. The highest BCUT2D eigenvalue weighted by molar-refractivity contribution is 6.32. The van der Waals surface area contributed by atoms with Crippen molar-refractivity contribution >= 4 is 35.0 Å². The predicted molar refractivity (Wildman–Crippen MR) is 135 cm³/mol. The Kier molecular flexibility index (Phi) is 7.27. The summed E-state index contributed by atoms with van der Waals surface area (Å²) in [5.41, 5.74) is 0.429. The first-order valence-electron chi connectivity index (χ1n) is 11.4. The molecular weight excluding hydrogens is 507 g/mol. The molecule has 0 fully saturated rings. The Labute approximate surface area is 216 Å². The SMILES string of the molecule is CCOC(=O)c1cccc(NC(=O)N2CC(C)(c3ccccc3)C(c3ccc(C(F)(F)F)c(Cl)c3)=N2)c1. The number of anilines is 1. The van der Waals surface area contributed by atoms with Crippen LogP contribution in [0.1, 0.15) is 40.9 Å². The Balaban J connectivity index is 1.68. The summed E-state index contributed by atoms with van der Waals surface area (Å²) < 4.78 is 44.8. The van der Waals surface area contributed by atoms with Crippen molar-refractivity contribution in [2.75, 3.05) is 18.5 Å². The van der Waals surface area contributed by atoms with Gasteiger partial charge in [0.05, 0.1) is 40.4 Å². The van der Waals surface area contributed by atoms with E-state index in [-0.39, 0.29) is 18.7 Å². The summed E-state index contributed by atoms with van der Waals surface area (Å²) in [5, 5.41) is 7.99. The average molecular weight is 530 g/mol. The zero-order valence-electron chi connectivity index (χ0n) is 20.0. The summed E-state index contributed by atoms with van der Waals surface area (Å²) in [7, 11) is 0. The molecule has 0 saturated carbocycles. The van der Waals surface area contributed by atoms with E-state index in [0.29, 0.717) is 17.0 Å². The zero-order valence-corrected chi connectivity index (χ0v) is 20.7. The number of alkyl halides is 3. The van der Waals surface area contributed by atoms with Gasteiger partial charge in [-0.3, -0.25) is 0 Å². The van der Waals surface area contributed by atoms with Crippen molar-refractivity contribution in [3.63, 3.8) is 0 Å². The van der Waals surface area contributed by atoms with Crippen molar-refractivity contribution in [3.8, 4) is 0 Å². The molecule has 1 N–H and O–H groups in total. The topological polar surface area (TPSA) is 71.0 Å². The maximum absolute atomic E-state index is 13.3. The number of carbonyl (C=O) groups excluding carboxylic acids is 2. The molecule has 192 valence electrons. The number of carbonyl (C=O) groups is 2. The minimum absolute atomic E-state index is 0.119. The number of esters is 1. The fourth-order valence-corrected chi connectivity index (χ4v) is 4.47. The molecule has 3 aromatic rings. The lowest BCUT2D eigenvalue weighted by atomic mass is 9.76. The van der Waals surface area contributed by atoms with Crippen molar-refractivity contribution < 1.29 is 27.5 Å². The van der Waals surface area contributed by atoms with Gasteiger partial charge in [0.25, 0.3) is 0 Å². The van der Waals surface area contributed by atoms with Gasteiger partial charge >= 0.3 is 18.2 Å². The first-order chi connectivity index (χ1) is 17.5. The second-order valence-corrected chi connectivity index (χ2v) is 9.04. The monoisotopic (exact) mass is 529 g/mol. The van der Waals surface area contributed by atoms with E-state index in [1.54, 1.807) is 25.1 Å². The molecule has 10 heteroatoms. The molecule has 4 rings (SSSR count). The molecule has 37 heavy (non-hydrogen) atoms. The van der Waals surface area contributed by atoms with Gasteiger partial charge < -0.3 is 10.1 Å². The fraction of sp³-hybridized carbons (Fsp3) is 0.222. The van der Waals surface area contributed by atoms with Crippen LogP contribution in [-0.2, 0) is 16.3 Å². The highest BCUT2D eigenvalue weighted by atomic mass is 35.5. The molecule has 0 aromatic heterocycles. The van der Waals surface area contributed by atoms with Gasteiger partial charge in [-0.25, -0.2) is 14.6 Å². The van der Waals surface area contributed by atoms with Crippen LogP contribution in [0.5, 0.6) is 0 Å². The molecule has 1 aliphatic rings. The predicted octanol–water partition coefficient (Wildman–Crippen LogP) is 6.75. The number of hydrogen-bond donors (Lipinski definition) is 1. The summed E-state index contributed by atoms with van der Waals surface area (Å²) in [6.07, 6.45) is -4.60. The number of halogens is 4. The molecule has 1 heterocycles. The fourth-order valence-electron chi connectivity index (χ4n) is 4.19. The summed E-state index contributed by atoms with van der Waals surface area (Å²) in [6.45, 7) is 3.89. The molecule has 1 unspecified atom stereocenters. The van der Waals surface area contributed by atoms with Gasteiger partial charge in [-0.2, -0.15) is 18.3 Å². The van der Waals surface area contributed by atoms with E-state index in [9.17, 15) is 22.8 Å². The lowest BCUT2D eigenvalue weighted by molar-refractivity contribution is -0.137. The number of amides is 2. The Bertz CT molecular complexity index is 1360. The van der Waals surface area contributed by atoms with Gasteiger partial charge in [-0.1, -0.05) is 54.1 Å². The van der Waals surface area contributed by atoms with E-state index < -0.39 is 34.2 Å². The second kappa shape index (κ2) is 10.3. The summed E-state index contributed by atoms with van der Waals surface area (Å²) >= 11 is 5.99. The van der Waals surface area contributed by atoms with Crippen molar-refractivity contribution in [3.05, 3.63) is 100 Å². The van der Waals surface area contributed by atoms with E-state index in [4.69, 9.17) is 16.3 Å². The van der Waals surface area contributed by atoms with E-state index >= 15 is 0 Å². The number of nitrogens with zero attached hydrogens (tertiary/aromatic N) is 2. The third kappa shape index (κ3) is 5.46. The molecule has 0 radical (unpaired) electrons. The molecule has 0 spiro atoms. The molecule has 2 amide bonds. The lowest BCUT2D eigenvalue weighted by Gasteiger charge is -2.27. The number of ether oxygens (including phenoxy) is 1. The molecule has 0 aliphatic carbocycles. The van der Waals surface area contributed by atoms with E-state index in [1.807, 2.05) is 37.3 Å². The summed E-state index contributed by atoms with van der Waals surface area (Å²) in [4.78, 5) is 25.2. The first kappa shape index (κ1) is 26.2. The maximum Gasteiger partial charge on any atom is 0.417 e. The van der Waals surface area contributed by atoms with Crippen LogP contribution >= 0.6 is 11.6 Å². The van der Waals surface area contributed by atoms with E-state index in [1.165, 1.54) is 23.2 Å². The molecular formula is C27H23ClF3N3O3. The molecule has 6 nitrogen and oxygen atoms in total. The van der Waals surface area contributed by atoms with Crippen LogP contribution in [-0.4, -0.2) is 35.9 Å². The highest BCUT2D eigenvalue weighted by Crippen LogP contribution is 2.39. The third-order valence-corrected chi connectivity index (χ3v) is 6.34. The van der Waals surface area contributed by atoms with Crippen molar-refractivity contribution in [1.29, 1.82) is 0 Å². The van der Waals surface area contributed by atoms with Crippen LogP contribution in [0, 0.1) is 0 Å². The van der Waals surface area contributed by atoms with Gasteiger partial charge in [0.1, 0.15) is 0 Å². The first-order valence-corrected chi connectivity index (χ1v) is 11.8. The van der Waals surface area contributed by atoms with Gasteiger partial charge in [-0.05, 0) is 49.7 Å². The molecule has 1 aliphatic heterocycles. The van der Waals surface area contributed by atoms with Gasteiger partial charge in [0.2, 0.25) is 0 Å². The minimum atomic E-state index is -4.60. The Morgan fingerprint density at radius 3 is 2.46 bits per heavy atom. The molecule has 0 saturated heterocycles. The zero-order chi connectivity index (χ0) is 26.8. The second-order valence-electron chi connectivity index (χ2n) is 8.63. The number of urea groups is 1. The van der Waals surface area contributed by atoms with E-state index in [2.05, 4.69) is 10.4 Å². The molecule has 1 atom stereocenters. The largest absolute Gasteiger partial charge is 0.462 e. The maximum atomic E-state index is 13.3. The van der Waals surface area contributed by atoms with Crippen molar-refractivity contribution in [1.82, 2.24) is 5.01 Å². The summed E-state index contributed by atoms with van der Waals surface area (Å²) in [6, 6.07) is 18.4. The highest BCUT2D eigenvalue weighted by Gasteiger charge is 2.43. The number of benzene rings is 3. The van der Waals surface area contributed by atoms with Crippen LogP contribution < -0.4 is 5.32 Å². The van der Waals surface area contributed by atoms with Crippen molar-refractivity contribution in [2.24, 2.45) is 5.10 Å². The number of rotatable bonds is 5. The minimum Gasteiger partial charge on any atom is -0.462 e. The quantitative estimate of drug-likeness (QED) is 0.372. The smallest absolute Gasteiger partial charge is 0.417 e. The molecule has 3 aromatic carbocycles. The third-order valence-electron chi connectivity index (χ3n) is 6.03. The van der Waals surface area contributed by atoms with Crippen LogP contribution in [0.4, 0.5) is 23.7 Å². The van der Waals surface area contributed by atoms with Crippen LogP contribution in [0.3, 0.4) is 0 Å². The number of nitrogens with one attached hydrogen (secondary N) is 1. The van der Waals surface area contributed by atoms with Gasteiger partial charge in [0.15, 0.2) is 0 Å². The van der Waals surface area contributed by atoms with Crippen LogP contribution in [0.25, 0.3) is 0 Å².